The van der Waals surface area contributed by atoms with Gasteiger partial charge in [0.15, 0.2) is 17.3 Å². The Morgan fingerprint density at radius 3 is 2.52 bits per heavy atom. The zero-order valence-electron chi connectivity index (χ0n) is 19.0. The van der Waals surface area contributed by atoms with Crippen LogP contribution in [-0.4, -0.2) is 37.5 Å². The van der Waals surface area contributed by atoms with Crippen molar-refractivity contribution in [2.45, 2.75) is 34.3 Å². The van der Waals surface area contributed by atoms with Crippen LogP contribution in [0.2, 0.25) is 0 Å². The maximum atomic E-state index is 6.07. The van der Waals surface area contributed by atoms with Crippen molar-refractivity contribution in [3.05, 3.63) is 81.3 Å². The largest absolute Gasteiger partial charge is 0.490 e. The lowest BCUT2D eigenvalue weighted by Gasteiger charge is -2.14. The van der Waals surface area contributed by atoms with Gasteiger partial charge in [0.1, 0.15) is 6.61 Å². The van der Waals surface area contributed by atoms with Crippen molar-refractivity contribution in [3.63, 3.8) is 0 Å². The summed E-state index contributed by atoms with van der Waals surface area (Å²) < 4.78 is 16.1. The molecule has 170 valence electrons. The Bertz CT molecular complexity index is 1280. The van der Waals surface area contributed by atoms with E-state index in [9.17, 15) is 0 Å². The van der Waals surface area contributed by atoms with Crippen LogP contribution in [0, 0.1) is 20.8 Å². The van der Waals surface area contributed by atoms with E-state index in [1.807, 2.05) is 76.2 Å². The Kier molecular flexibility index (Phi) is 6.88. The summed E-state index contributed by atoms with van der Waals surface area (Å²) in [6.45, 7) is 8.66. The van der Waals surface area contributed by atoms with Crippen LogP contribution in [-0.2, 0) is 6.61 Å². The third kappa shape index (κ3) is 5.14. The number of aryl methyl sites for hydroxylation is 3. The Hall–Kier alpha value is -3.46. The summed E-state index contributed by atoms with van der Waals surface area (Å²) in [6, 6.07) is 15.8. The number of rotatable bonds is 8. The molecule has 0 amide bonds. The number of halogens is 1. The fourth-order valence-electron chi connectivity index (χ4n) is 3.36. The maximum Gasteiger partial charge on any atom is 0.273 e. The molecular weight excluding hydrogens is 484 g/mol. The van der Waals surface area contributed by atoms with Gasteiger partial charge in [-0.3, -0.25) is 0 Å². The first-order valence-corrected chi connectivity index (χ1v) is 11.4. The predicted molar refractivity (Wildman–Crippen MR) is 130 cm³/mol. The van der Waals surface area contributed by atoms with E-state index in [-0.39, 0.29) is 0 Å². The molecule has 0 aliphatic rings. The second-order valence-electron chi connectivity index (χ2n) is 7.48. The Morgan fingerprint density at radius 2 is 1.82 bits per heavy atom. The Labute approximate surface area is 201 Å². The van der Waals surface area contributed by atoms with Gasteiger partial charge in [0.05, 0.1) is 23.0 Å². The molecule has 0 fully saturated rings. The van der Waals surface area contributed by atoms with E-state index in [4.69, 9.17) is 9.47 Å². The van der Waals surface area contributed by atoms with Gasteiger partial charge in [0.2, 0.25) is 0 Å². The van der Waals surface area contributed by atoms with Gasteiger partial charge in [-0.2, -0.15) is 14.9 Å². The van der Waals surface area contributed by atoms with Crippen molar-refractivity contribution in [2.75, 3.05) is 6.61 Å². The van der Waals surface area contributed by atoms with Crippen molar-refractivity contribution < 1.29 is 9.47 Å². The highest BCUT2D eigenvalue weighted by molar-refractivity contribution is 9.10. The molecule has 33 heavy (non-hydrogen) atoms. The number of hydrogen-bond donors (Lipinski definition) is 0. The van der Waals surface area contributed by atoms with Crippen LogP contribution in [0.3, 0.4) is 0 Å². The minimum Gasteiger partial charge on any atom is -0.490 e. The first-order chi connectivity index (χ1) is 16.0. The molecular formula is C24H25BrN6O2. The molecule has 2 aromatic heterocycles. The van der Waals surface area contributed by atoms with Crippen molar-refractivity contribution in [1.29, 1.82) is 0 Å². The molecule has 4 aromatic rings. The standard InChI is InChI=1S/C24H25BrN6O2/c1-5-32-22-13-20(12-21(25)23(22)33-15-19-9-7-6-8-10-19)14-26-31-18(4)27-28-24(31)30-17(3)11-16(2)29-30/h6-14H,5,15H2,1-4H3/b26-14-. The molecule has 0 spiro atoms. The van der Waals surface area contributed by atoms with Crippen LogP contribution in [0.15, 0.2) is 58.1 Å². The van der Waals surface area contributed by atoms with Crippen molar-refractivity contribution in [1.82, 2.24) is 24.7 Å². The van der Waals surface area contributed by atoms with E-state index >= 15 is 0 Å². The highest BCUT2D eigenvalue weighted by atomic mass is 79.9. The summed E-state index contributed by atoms with van der Waals surface area (Å²) >= 11 is 3.63. The van der Waals surface area contributed by atoms with Crippen LogP contribution in [0.25, 0.3) is 5.95 Å². The minimum atomic E-state index is 0.443. The number of aromatic nitrogens is 5. The van der Waals surface area contributed by atoms with E-state index in [1.54, 1.807) is 15.6 Å². The lowest BCUT2D eigenvalue weighted by atomic mass is 10.2. The van der Waals surface area contributed by atoms with Gasteiger partial charge in [-0.05, 0) is 73.0 Å². The maximum absolute atomic E-state index is 6.07. The first-order valence-electron chi connectivity index (χ1n) is 10.6. The number of benzene rings is 2. The fraction of sp³-hybridized carbons (Fsp3) is 0.250. The molecule has 0 saturated heterocycles. The van der Waals surface area contributed by atoms with E-state index in [0.29, 0.717) is 36.5 Å². The second kappa shape index (κ2) is 9.99. The van der Waals surface area contributed by atoms with E-state index in [2.05, 4.69) is 36.3 Å². The summed E-state index contributed by atoms with van der Waals surface area (Å²) in [5.41, 5.74) is 3.78. The molecule has 0 atom stereocenters. The number of hydrogen-bond acceptors (Lipinski definition) is 6. The molecule has 0 aliphatic heterocycles. The molecule has 0 aliphatic carbocycles. The quantitative estimate of drug-likeness (QED) is 0.312. The van der Waals surface area contributed by atoms with Gasteiger partial charge < -0.3 is 9.47 Å². The average Bonchev–Trinajstić information content (AvgIpc) is 3.32. The van der Waals surface area contributed by atoms with E-state index in [1.165, 1.54) is 0 Å². The molecule has 2 aromatic carbocycles. The zero-order chi connectivity index (χ0) is 23.4. The van der Waals surface area contributed by atoms with Crippen molar-refractivity contribution in [3.8, 4) is 17.4 Å². The molecule has 0 bridgehead atoms. The summed E-state index contributed by atoms with van der Waals surface area (Å²) in [7, 11) is 0. The molecule has 4 rings (SSSR count). The predicted octanol–water partition coefficient (Wildman–Crippen LogP) is 5.01. The van der Waals surface area contributed by atoms with Crippen LogP contribution < -0.4 is 9.47 Å². The second-order valence-corrected chi connectivity index (χ2v) is 8.33. The SMILES string of the molecule is CCOc1cc(/C=N\n2c(C)nnc2-n2nc(C)cc2C)cc(Br)c1OCc1ccccc1. The monoisotopic (exact) mass is 508 g/mol. The summed E-state index contributed by atoms with van der Waals surface area (Å²) in [5, 5.41) is 17.5. The summed E-state index contributed by atoms with van der Waals surface area (Å²) in [4.78, 5) is 0. The fourth-order valence-corrected chi connectivity index (χ4v) is 3.94. The van der Waals surface area contributed by atoms with E-state index < -0.39 is 0 Å². The molecule has 0 N–H and O–H groups in total. The third-order valence-corrected chi connectivity index (χ3v) is 5.45. The molecule has 0 radical (unpaired) electrons. The van der Waals surface area contributed by atoms with Gasteiger partial charge in [-0.25, -0.2) is 4.68 Å². The summed E-state index contributed by atoms with van der Waals surface area (Å²) in [5.74, 6) is 2.48. The van der Waals surface area contributed by atoms with Crippen LogP contribution in [0.5, 0.6) is 11.5 Å². The highest BCUT2D eigenvalue weighted by Gasteiger charge is 2.15. The number of ether oxygens (including phenoxy) is 2. The lowest BCUT2D eigenvalue weighted by molar-refractivity contribution is 0.267. The Balaban J connectivity index is 1.63. The third-order valence-electron chi connectivity index (χ3n) is 4.86. The molecule has 2 heterocycles. The summed E-state index contributed by atoms with van der Waals surface area (Å²) in [6.07, 6.45) is 1.74. The average molecular weight is 509 g/mol. The molecule has 9 heteroatoms. The van der Waals surface area contributed by atoms with E-state index in [0.717, 1.165) is 27.0 Å². The van der Waals surface area contributed by atoms with Crippen LogP contribution in [0.4, 0.5) is 0 Å². The minimum absolute atomic E-state index is 0.443. The Morgan fingerprint density at radius 1 is 1.03 bits per heavy atom. The van der Waals surface area contributed by atoms with Gasteiger partial charge in [0, 0.05) is 5.69 Å². The van der Waals surface area contributed by atoms with Crippen molar-refractivity contribution >= 4 is 22.1 Å². The molecule has 0 unspecified atom stereocenters. The normalized spacial score (nSPS) is 11.3. The van der Waals surface area contributed by atoms with Crippen LogP contribution >= 0.6 is 15.9 Å². The lowest BCUT2D eigenvalue weighted by Crippen LogP contribution is -2.08. The topological polar surface area (TPSA) is 79.4 Å². The smallest absolute Gasteiger partial charge is 0.273 e. The van der Waals surface area contributed by atoms with Gasteiger partial charge in [-0.15, -0.1) is 10.2 Å². The van der Waals surface area contributed by atoms with Gasteiger partial charge >= 0.3 is 0 Å². The van der Waals surface area contributed by atoms with Gasteiger partial charge in [0.25, 0.3) is 5.95 Å². The first kappa shape index (κ1) is 22.7. The van der Waals surface area contributed by atoms with Crippen LogP contribution in [0.1, 0.15) is 35.3 Å². The van der Waals surface area contributed by atoms with Gasteiger partial charge in [-0.1, -0.05) is 30.3 Å². The molecule has 8 nitrogen and oxygen atoms in total. The van der Waals surface area contributed by atoms with Crippen molar-refractivity contribution in [2.24, 2.45) is 5.10 Å². The molecule has 0 saturated carbocycles. The number of nitrogens with zero attached hydrogens (tertiary/aromatic N) is 6. The zero-order valence-corrected chi connectivity index (χ0v) is 20.6. The highest BCUT2D eigenvalue weighted by Crippen LogP contribution is 2.37.